The number of hydrogen-bond donors (Lipinski definition) is 0. The first kappa shape index (κ1) is 20.7. The number of para-hydroxylation sites is 1. The van der Waals surface area contributed by atoms with Gasteiger partial charge in [-0.1, -0.05) is 13.0 Å². The second-order valence-electron chi connectivity index (χ2n) is 6.46. The molecule has 0 N–H and O–H groups in total. The van der Waals surface area contributed by atoms with Crippen LogP contribution in [0.2, 0.25) is 0 Å². The molecule has 1 aromatic rings. The molecule has 1 heterocycles. The average molecular weight is 380 g/mol. The van der Waals surface area contributed by atoms with Gasteiger partial charge in [-0.25, -0.2) is 0 Å². The Morgan fingerprint density at radius 3 is 2.30 bits per heavy atom. The molecule has 1 aromatic carbocycles. The monoisotopic (exact) mass is 380 g/mol. The van der Waals surface area contributed by atoms with Gasteiger partial charge in [0.1, 0.15) is 6.61 Å². The lowest BCUT2D eigenvalue weighted by Gasteiger charge is -2.33. The van der Waals surface area contributed by atoms with Gasteiger partial charge < -0.3 is 23.7 Å². The predicted octanol–water partition coefficient (Wildman–Crippen LogP) is 2.62. The van der Waals surface area contributed by atoms with Gasteiger partial charge in [0.15, 0.2) is 11.5 Å². The summed E-state index contributed by atoms with van der Waals surface area (Å²) in [5.41, 5.74) is 0. The van der Waals surface area contributed by atoms with Crippen LogP contribution >= 0.6 is 0 Å². The van der Waals surface area contributed by atoms with Crippen molar-refractivity contribution in [1.82, 2.24) is 0 Å². The molecule has 3 atom stereocenters. The van der Waals surface area contributed by atoms with Crippen LogP contribution < -0.4 is 14.2 Å². The number of hydrogen-bond acceptors (Lipinski definition) is 8. The Morgan fingerprint density at radius 1 is 1.00 bits per heavy atom. The summed E-state index contributed by atoms with van der Waals surface area (Å²) in [6.45, 7) is 6.01. The first-order valence-electron chi connectivity index (χ1n) is 8.70. The molecular formula is C19H24O8. The number of rotatable bonds is 6. The molecule has 1 saturated heterocycles. The van der Waals surface area contributed by atoms with Crippen molar-refractivity contribution in [2.24, 2.45) is 5.92 Å². The van der Waals surface area contributed by atoms with Gasteiger partial charge in [0.2, 0.25) is 12.0 Å². The van der Waals surface area contributed by atoms with Crippen LogP contribution in [0.25, 0.3) is 0 Å². The van der Waals surface area contributed by atoms with E-state index >= 15 is 0 Å². The van der Waals surface area contributed by atoms with Crippen molar-refractivity contribution in [3.05, 3.63) is 18.2 Å². The van der Waals surface area contributed by atoms with Crippen molar-refractivity contribution in [2.45, 2.75) is 52.9 Å². The van der Waals surface area contributed by atoms with Gasteiger partial charge in [0.05, 0.1) is 6.10 Å². The van der Waals surface area contributed by atoms with E-state index in [2.05, 4.69) is 0 Å². The van der Waals surface area contributed by atoms with E-state index < -0.39 is 18.2 Å². The first-order valence-corrected chi connectivity index (χ1v) is 8.70. The van der Waals surface area contributed by atoms with Crippen LogP contribution in [0.1, 0.15) is 40.5 Å². The first-order chi connectivity index (χ1) is 12.7. The quantitative estimate of drug-likeness (QED) is 0.549. The predicted molar refractivity (Wildman–Crippen MR) is 93.4 cm³/mol. The van der Waals surface area contributed by atoms with Crippen LogP contribution in [0, 0.1) is 5.92 Å². The summed E-state index contributed by atoms with van der Waals surface area (Å²) >= 11 is 0. The van der Waals surface area contributed by atoms with Crippen LogP contribution in [0.4, 0.5) is 0 Å². The maximum absolute atomic E-state index is 11.5. The number of esters is 3. The average Bonchev–Trinajstić information content (AvgIpc) is 2.54. The summed E-state index contributed by atoms with van der Waals surface area (Å²) in [5, 5.41) is 0. The van der Waals surface area contributed by atoms with Crippen molar-refractivity contribution in [2.75, 3.05) is 6.61 Å². The normalized spacial score (nSPS) is 21.9. The van der Waals surface area contributed by atoms with Crippen molar-refractivity contribution >= 4 is 17.9 Å². The smallest absolute Gasteiger partial charge is 0.308 e. The minimum Gasteiger partial charge on any atom is -0.463 e. The number of benzene rings is 1. The third kappa shape index (κ3) is 6.56. The van der Waals surface area contributed by atoms with Crippen LogP contribution in [-0.2, 0) is 23.9 Å². The zero-order valence-corrected chi connectivity index (χ0v) is 15.9. The van der Waals surface area contributed by atoms with Gasteiger partial charge in [-0.15, -0.1) is 0 Å². The second kappa shape index (κ2) is 9.36. The molecule has 0 aliphatic carbocycles. The molecule has 8 heteroatoms. The minimum absolute atomic E-state index is 0.0126. The maximum Gasteiger partial charge on any atom is 0.308 e. The Balaban J connectivity index is 2.17. The molecular weight excluding hydrogens is 356 g/mol. The highest BCUT2D eigenvalue weighted by Crippen LogP contribution is 2.39. The molecule has 2 rings (SSSR count). The SMILES string of the molecule is CC(=O)OCC1CC(C)CC(Oc2cccc(OC(C)=O)c2OC(C)=O)O1. The zero-order valence-electron chi connectivity index (χ0n) is 15.9. The van der Waals surface area contributed by atoms with Crippen LogP contribution in [0.15, 0.2) is 18.2 Å². The summed E-state index contributed by atoms with van der Waals surface area (Å²) < 4.78 is 27.0. The van der Waals surface area contributed by atoms with Gasteiger partial charge in [0.25, 0.3) is 0 Å². The van der Waals surface area contributed by atoms with E-state index in [0.717, 1.165) is 6.42 Å². The molecule has 0 saturated carbocycles. The highest BCUT2D eigenvalue weighted by Gasteiger charge is 2.30. The van der Waals surface area contributed by atoms with Crippen molar-refractivity contribution in [3.8, 4) is 17.2 Å². The highest BCUT2D eigenvalue weighted by molar-refractivity contribution is 5.75. The molecule has 0 bridgehead atoms. The summed E-state index contributed by atoms with van der Waals surface area (Å²) in [6.07, 6.45) is 0.415. The van der Waals surface area contributed by atoms with E-state index in [-0.39, 0.29) is 41.8 Å². The van der Waals surface area contributed by atoms with Gasteiger partial charge in [0, 0.05) is 27.2 Å². The lowest BCUT2D eigenvalue weighted by Crippen LogP contribution is -2.38. The molecule has 27 heavy (non-hydrogen) atoms. The lowest BCUT2D eigenvalue weighted by atomic mass is 9.97. The molecule has 0 radical (unpaired) electrons. The minimum atomic E-state index is -0.629. The van der Waals surface area contributed by atoms with Crippen LogP contribution in [-0.4, -0.2) is 36.9 Å². The molecule has 8 nitrogen and oxygen atoms in total. The lowest BCUT2D eigenvalue weighted by molar-refractivity contribution is -0.181. The fourth-order valence-corrected chi connectivity index (χ4v) is 2.80. The molecule has 3 unspecified atom stereocenters. The van der Waals surface area contributed by atoms with Gasteiger partial charge in [-0.2, -0.15) is 0 Å². The summed E-state index contributed by atoms with van der Waals surface area (Å²) in [6, 6.07) is 4.71. The van der Waals surface area contributed by atoms with Crippen molar-refractivity contribution < 1.29 is 38.1 Å². The van der Waals surface area contributed by atoms with E-state index in [1.54, 1.807) is 12.1 Å². The Labute approximate surface area is 157 Å². The standard InChI is InChI=1S/C19H24O8/c1-11-8-15(10-23-12(2)20)26-18(9-11)27-17-7-5-6-16(24-13(3)21)19(17)25-14(4)22/h5-7,11,15,18H,8-10H2,1-4H3. The Bertz CT molecular complexity index is 699. The summed E-state index contributed by atoms with van der Waals surface area (Å²) in [7, 11) is 0. The third-order valence-electron chi connectivity index (χ3n) is 3.78. The van der Waals surface area contributed by atoms with Crippen molar-refractivity contribution in [3.63, 3.8) is 0 Å². The molecule has 148 valence electrons. The Morgan fingerprint density at radius 2 is 1.67 bits per heavy atom. The number of carbonyl (C=O) groups excluding carboxylic acids is 3. The molecule has 1 aliphatic heterocycles. The fraction of sp³-hybridized carbons (Fsp3) is 0.526. The van der Waals surface area contributed by atoms with Crippen LogP contribution in [0.3, 0.4) is 0 Å². The number of carbonyl (C=O) groups is 3. The van der Waals surface area contributed by atoms with Gasteiger partial charge >= 0.3 is 17.9 Å². The molecule has 0 aromatic heterocycles. The molecule has 0 amide bonds. The fourth-order valence-electron chi connectivity index (χ4n) is 2.80. The zero-order chi connectivity index (χ0) is 20.0. The van der Waals surface area contributed by atoms with E-state index in [0.29, 0.717) is 6.42 Å². The third-order valence-corrected chi connectivity index (χ3v) is 3.78. The summed E-state index contributed by atoms with van der Waals surface area (Å²) in [5.74, 6) is -0.920. The van der Waals surface area contributed by atoms with Crippen LogP contribution in [0.5, 0.6) is 17.2 Å². The largest absolute Gasteiger partial charge is 0.463 e. The van der Waals surface area contributed by atoms with E-state index in [1.165, 1.54) is 26.8 Å². The summed E-state index contributed by atoms with van der Waals surface area (Å²) in [4.78, 5) is 33.8. The topological polar surface area (TPSA) is 97.4 Å². The molecule has 1 fully saturated rings. The van der Waals surface area contributed by atoms with E-state index in [1.807, 2.05) is 6.92 Å². The van der Waals surface area contributed by atoms with E-state index in [9.17, 15) is 14.4 Å². The Hall–Kier alpha value is -2.61. The van der Waals surface area contributed by atoms with Gasteiger partial charge in [-0.3, -0.25) is 14.4 Å². The number of ether oxygens (including phenoxy) is 5. The van der Waals surface area contributed by atoms with Gasteiger partial charge in [-0.05, 0) is 24.5 Å². The Kier molecular flexibility index (Phi) is 7.18. The molecule has 1 aliphatic rings. The maximum atomic E-state index is 11.5. The molecule has 0 spiro atoms. The van der Waals surface area contributed by atoms with Crippen molar-refractivity contribution in [1.29, 1.82) is 0 Å². The second-order valence-corrected chi connectivity index (χ2v) is 6.46. The van der Waals surface area contributed by atoms with E-state index in [4.69, 9.17) is 23.7 Å². The highest BCUT2D eigenvalue weighted by atomic mass is 16.7.